The van der Waals surface area contributed by atoms with Crippen molar-refractivity contribution in [1.29, 1.82) is 0 Å². The first-order valence-electron chi connectivity index (χ1n) is 5.80. The molecular weight excluding hydrogens is 246 g/mol. The lowest BCUT2D eigenvalue weighted by atomic mass is 10.1. The minimum atomic E-state index is 0.543. The molecule has 0 spiro atoms. The zero-order chi connectivity index (χ0) is 12.5. The second-order valence-electron chi connectivity index (χ2n) is 4.27. The Labute approximate surface area is 111 Å². The highest BCUT2D eigenvalue weighted by Crippen LogP contribution is 2.30. The third-order valence-corrected chi connectivity index (χ3v) is 3.33. The molecule has 0 aromatic heterocycles. The van der Waals surface area contributed by atoms with Crippen LogP contribution in [0, 0.1) is 6.92 Å². The maximum atomic E-state index is 6.16. The summed E-state index contributed by atoms with van der Waals surface area (Å²) in [5, 5.41) is 0.660. The van der Waals surface area contributed by atoms with Crippen molar-refractivity contribution in [3.8, 4) is 0 Å². The molecule has 2 nitrogen and oxygen atoms in total. The Morgan fingerprint density at radius 2 is 1.94 bits per heavy atom. The maximum absolute atomic E-state index is 6.16. The van der Waals surface area contributed by atoms with Crippen LogP contribution < -0.4 is 0 Å². The highest BCUT2D eigenvalue weighted by Gasteiger charge is 2.17. The third-order valence-electron chi connectivity index (χ3n) is 3.00. The summed E-state index contributed by atoms with van der Waals surface area (Å²) in [5.41, 5.74) is 4.11. The van der Waals surface area contributed by atoms with E-state index in [1.165, 1.54) is 0 Å². The van der Waals surface area contributed by atoms with E-state index in [2.05, 4.69) is 18.0 Å². The molecule has 0 saturated heterocycles. The molecular formula is C15H12ClNO. The summed E-state index contributed by atoms with van der Waals surface area (Å²) < 4.78 is 5.69. The van der Waals surface area contributed by atoms with E-state index in [1.54, 1.807) is 0 Å². The van der Waals surface area contributed by atoms with Gasteiger partial charge >= 0.3 is 0 Å². The Hall–Kier alpha value is -1.80. The topological polar surface area (TPSA) is 21.6 Å². The number of ether oxygens (including phenoxy) is 1. The fourth-order valence-electron chi connectivity index (χ4n) is 2.05. The number of rotatable bonds is 1. The number of aliphatic imine (C=N–C) groups is 1. The normalized spacial score (nSPS) is 13.6. The number of halogens is 1. The van der Waals surface area contributed by atoms with Crippen LogP contribution in [0.2, 0.25) is 5.02 Å². The number of fused-ring (bicyclic) bond motifs is 1. The predicted octanol–water partition coefficient (Wildman–Crippen LogP) is 4.26. The van der Waals surface area contributed by atoms with E-state index in [0.29, 0.717) is 17.5 Å². The van der Waals surface area contributed by atoms with Gasteiger partial charge in [-0.25, -0.2) is 4.99 Å². The first-order chi connectivity index (χ1) is 8.75. The molecule has 0 saturated carbocycles. The van der Waals surface area contributed by atoms with Crippen LogP contribution in [0.25, 0.3) is 0 Å². The van der Waals surface area contributed by atoms with Crippen molar-refractivity contribution in [2.45, 2.75) is 13.5 Å². The van der Waals surface area contributed by atoms with E-state index in [9.17, 15) is 0 Å². The summed E-state index contributed by atoms with van der Waals surface area (Å²) in [5.74, 6) is 0.599. The van der Waals surface area contributed by atoms with Gasteiger partial charge in [0.05, 0.1) is 16.3 Å². The van der Waals surface area contributed by atoms with Crippen molar-refractivity contribution in [3.63, 3.8) is 0 Å². The van der Waals surface area contributed by atoms with E-state index < -0.39 is 0 Å². The van der Waals surface area contributed by atoms with E-state index in [4.69, 9.17) is 16.3 Å². The predicted molar refractivity (Wildman–Crippen MR) is 73.6 cm³/mol. The molecule has 0 fully saturated rings. The molecule has 0 unspecified atom stereocenters. The van der Waals surface area contributed by atoms with Gasteiger partial charge < -0.3 is 4.74 Å². The number of benzene rings is 2. The zero-order valence-corrected chi connectivity index (χ0v) is 10.7. The van der Waals surface area contributed by atoms with Crippen molar-refractivity contribution in [1.82, 2.24) is 0 Å². The van der Waals surface area contributed by atoms with Gasteiger partial charge in [-0.2, -0.15) is 0 Å². The summed E-state index contributed by atoms with van der Waals surface area (Å²) >= 11 is 6.16. The quantitative estimate of drug-likeness (QED) is 0.748. The summed E-state index contributed by atoms with van der Waals surface area (Å²) in [7, 11) is 0. The molecule has 0 atom stereocenters. The summed E-state index contributed by atoms with van der Waals surface area (Å²) in [6.45, 7) is 2.60. The molecule has 0 aliphatic carbocycles. The Kier molecular flexibility index (Phi) is 2.80. The molecule has 2 aromatic rings. The number of nitrogens with zero attached hydrogens (tertiary/aromatic N) is 1. The molecule has 3 heteroatoms. The average Bonchev–Trinajstić information content (AvgIpc) is 2.40. The van der Waals surface area contributed by atoms with Gasteiger partial charge in [-0.15, -0.1) is 0 Å². The van der Waals surface area contributed by atoms with Crippen LogP contribution in [0.1, 0.15) is 16.7 Å². The maximum Gasteiger partial charge on any atom is 0.223 e. The average molecular weight is 258 g/mol. The molecule has 1 heterocycles. The standard InChI is InChI=1S/C15H12ClNO/c1-10-5-4-6-11-9-18-15(17-14(10)11)12-7-2-3-8-13(12)16/h2-8H,9H2,1H3. The smallest absolute Gasteiger partial charge is 0.223 e. The molecule has 0 bridgehead atoms. The molecule has 18 heavy (non-hydrogen) atoms. The van der Waals surface area contributed by atoms with Gasteiger partial charge in [-0.05, 0) is 24.6 Å². The monoisotopic (exact) mass is 257 g/mol. The highest BCUT2D eigenvalue weighted by molar-refractivity contribution is 6.33. The molecule has 90 valence electrons. The lowest BCUT2D eigenvalue weighted by molar-refractivity contribution is 0.288. The first-order valence-corrected chi connectivity index (χ1v) is 6.18. The van der Waals surface area contributed by atoms with Crippen molar-refractivity contribution >= 4 is 23.2 Å². The van der Waals surface area contributed by atoms with Crippen molar-refractivity contribution in [3.05, 3.63) is 64.2 Å². The summed E-state index contributed by atoms with van der Waals surface area (Å²) in [6.07, 6.45) is 0. The number of para-hydroxylation sites is 1. The van der Waals surface area contributed by atoms with Gasteiger partial charge in [0.1, 0.15) is 6.61 Å². The number of hydrogen-bond donors (Lipinski definition) is 0. The van der Waals surface area contributed by atoms with Gasteiger partial charge in [0.25, 0.3) is 0 Å². The lowest BCUT2D eigenvalue weighted by Crippen LogP contribution is -2.12. The molecule has 1 aliphatic rings. The lowest BCUT2D eigenvalue weighted by Gasteiger charge is -2.18. The van der Waals surface area contributed by atoms with Gasteiger partial charge in [0.15, 0.2) is 0 Å². The van der Waals surface area contributed by atoms with Gasteiger partial charge in [0.2, 0.25) is 5.90 Å². The summed E-state index contributed by atoms with van der Waals surface area (Å²) in [6, 6.07) is 13.7. The molecule has 0 radical (unpaired) electrons. The van der Waals surface area contributed by atoms with Crippen LogP contribution in [-0.2, 0) is 11.3 Å². The van der Waals surface area contributed by atoms with E-state index in [0.717, 1.165) is 22.4 Å². The fraction of sp³-hybridized carbons (Fsp3) is 0.133. The fourth-order valence-corrected chi connectivity index (χ4v) is 2.27. The Balaban J connectivity index is 2.12. The minimum absolute atomic E-state index is 0.543. The molecule has 3 rings (SSSR count). The van der Waals surface area contributed by atoms with Crippen LogP contribution in [-0.4, -0.2) is 5.90 Å². The van der Waals surface area contributed by atoms with Crippen LogP contribution in [0.15, 0.2) is 47.5 Å². The van der Waals surface area contributed by atoms with Crippen molar-refractivity contribution in [2.75, 3.05) is 0 Å². The van der Waals surface area contributed by atoms with Crippen LogP contribution in [0.3, 0.4) is 0 Å². The summed E-state index contributed by atoms with van der Waals surface area (Å²) in [4.78, 5) is 4.59. The van der Waals surface area contributed by atoms with Gasteiger partial charge in [-0.3, -0.25) is 0 Å². The van der Waals surface area contributed by atoms with Crippen molar-refractivity contribution in [2.24, 2.45) is 4.99 Å². The van der Waals surface area contributed by atoms with Crippen LogP contribution in [0.5, 0.6) is 0 Å². The zero-order valence-electron chi connectivity index (χ0n) is 9.98. The van der Waals surface area contributed by atoms with Crippen LogP contribution >= 0.6 is 11.6 Å². The number of hydrogen-bond acceptors (Lipinski definition) is 2. The molecule has 2 aromatic carbocycles. The Morgan fingerprint density at radius 1 is 1.11 bits per heavy atom. The first kappa shape index (κ1) is 11.3. The van der Waals surface area contributed by atoms with Crippen LogP contribution in [0.4, 0.5) is 5.69 Å². The Morgan fingerprint density at radius 3 is 2.78 bits per heavy atom. The van der Waals surface area contributed by atoms with Crippen molar-refractivity contribution < 1.29 is 4.74 Å². The SMILES string of the molecule is Cc1cccc2c1N=C(c1ccccc1Cl)OC2. The highest BCUT2D eigenvalue weighted by atomic mass is 35.5. The molecule has 0 amide bonds. The molecule has 0 N–H and O–H groups in total. The Bertz CT molecular complexity index is 634. The second-order valence-corrected chi connectivity index (χ2v) is 4.68. The largest absolute Gasteiger partial charge is 0.472 e. The van der Waals surface area contributed by atoms with Gasteiger partial charge in [-0.1, -0.05) is 41.9 Å². The van der Waals surface area contributed by atoms with Gasteiger partial charge in [0, 0.05) is 5.56 Å². The van der Waals surface area contributed by atoms with E-state index in [1.807, 2.05) is 36.4 Å². The number of aryl methyl sites for hydroxylation is 1. The second kappa shape index (κ2) is 4.46. The van der Waals surface area contributed by atoms with E-state index in [-0.39, 0.29) is 0 Å². The van der Waals surface area contributed by atoms with E-state index >= 15 is 0 Å². The third kappa shape index (κ3) is 1.89. The molecule has 1 aliphatic heterocycles. The minimum Gasteiger partial charge on any atom is -0.472 e.